The van der Waals surface area contributed by atoms with Gasteiger partial charge in [0.05, 0.1) is 5.56 Å². The molecule has 0 unspecified atom stereocenters. The summed E-state index contributed by atoms with van der Waals surface area (Å²) >= 11 is 1.46. The number of hydrogen-bond acceptors (Lipinski definition) is 5. The van der Waals surface area contributed by atoms with E-state index in [9.17, 15) is 9.59 Å². The van der Waals surface area contributed by atoms with Gasteiger partial charge in [0, 0.05) is 29.5 Å². The summed E-state index contributed by atoms with van der Waals surface area (Å²) in [6, 6.07) is 23.1. The maximum absolute atomic E-state index is 12.9. The monoisotopic (exact) mass is 454 g/mol. The standard InChI is InChI=1S/C27H22N2O3S/c1-17-7-9-18(10-8-17)13-22-16-28-27(33-22)29-25(30)20-11-12-23-21(14-20)15-24(32-26(23)31)19-5-3-2-4-6-19/h2-12,14,16,24H,13,15H2,1H3,(H,28,29,30)/t24-/m0/s1. The lowest BCUT2D eigenvalue weighted by molar-refractivity contribution is 0.0252. The van der Waals surface area contributed by atoms with Gasteiger partial charge >= 0.3 is 5.97 Å². The van der Waals surface area contributed by atoms with Crippen LogP contribution < -0.4 is 5.32 Å². The molecule has 5 nitrogen and oxygen atoms in total. The van der Waals surface area contributed by atoms with Crippen molar-refractivity contribution < 1.29 is 14.3 Å². The Hall–Kier alpha value is -3.77. The number of rotatable bonds is 5. The smallest absolute Gasteiger partial charge is 0.339 e. The van der Waals surface area contributed by atoms with Crippen molar-refractivity contribution in [3.63, 3.8) is 0 Å². The first-order valence-electron chi connectivity index (χ1n) is 10.8. The topological polar surface area (TPSA) is 68.3 Å². The number of hydrogen-bond donors (Lipinski definition) is 1. The number of benzene rings is 3. The molecule has 0 aliphatic carbocycles. The van der Waals surface area contributed by atoms with Crippen LogP contribution >= 0.6 is 11.3 Å². The molecule has 33 heavy (non-hydrogen) atoms. The second-order valence-electron chi connectivity index (χ2n) is 8.13. The van der Waals surface area contributed by atoms with Gasteiger partial charge in [-0.2, -0.15) is 0 Å². The Balaban J connectivity index is 1.30. The van der Waals surface area contributed by atoms with E-state index in [1.807, 2.05) is 30.3 Å². The highest BCUT2D eigenvalue weighted by Gasteiger charge is 2.28. The van der Waals surface area contributed by atoms with Gasteiger partial charge in [0.2, 0.25) is 0 Å². The molecular formula is C27H22N2O3S. The lowest BCUT2D eigenvalue weighted by Gasteiger charge is -2.25. The van der Waals surface area contributed by atoms with Crippen LogP contribution in [0.25, 0.3) is 0 Å². The molecule has 5 rings (SSSR count). The molecular weight excluding hydrogens is 432 g/mol. The largest absolute Gasteiger partial charge is 0.454 e. The number of anilines is 1. The van der Waals surface area contributed by atoms with Crippen molar-refractivity contribution in [1.29, 1.82) is 0 Å². The number of nitrogens with one attached hydrogen (secondary N) is 1. The molecule has 1 aliphatic heterocycles. The summed E-state index contributed by atoms with van der Waals surface area (Å²) in [7, 11) is 0. The van der Waals surface area contributed by atoms with Crippen molar-refractivity contribution in [2.75, 3.05) is 5.32 Å². The number of fused-ring (bicyclic) bond motifs is 1. The SMILES string of the molecule is Cc1ccc(Cc2cnc(NC(=O)c3ccc4c(c3)C[C@@H](c3ccccc3)OC4=O)s2)cc1. The predicted octanol–water partition coefficient (Wildman–Crippen LogP) is 5.75. The molecule has 0 spiro atoms. The molecule has 0 radical (unpaired) electrons. The number of aromatic nitrogens is 1. The third-order valence-corrected chi connectivity index (χ3v) is 6.60. The van der Waals surface area contributed by atoms with Crippen molar-refractivity contribution in [3.05, 3.63) is 117 Å². The van der Waals surface area contributed by atoms with Gasteiger partial charge in [-0.1, -0.05) is 60.2 Å². The number of amides is 1. The van der Waals surface area contributed by atoms with E-state index in [-0.39, 0.29) is 18.0 Å². The number of carbonyl (C=O) groups excluding carboxylic acids is 2. The molecule has 164 valence electrons. The Morgan fingerprint density at radius 2 is 1.88 bits per heavy atom. The zero-order chi connectivity index (χ0) is 22.8. The number of ether oxygens (including phenoxy) is 1. The van der Waals surface area contributed by atoms with Gasteiger partial charge in [0.1, 0.15) is 6.10 Å². The summed E-state index contributed by atoms with van der Waals surface area (Å²) in [6.45, 7) is 2.07. The van der Waals surface area contributed by atoms with Crippen LogP contribution in [0.2, 0.25) is 0 Å². The van der Waals surface area contributed by atoms with Crippen LogP contribution in [0.3, 0.4) is 0 Å². The van der Waals surface area contributed by atoms with E-state index in [1.165, 1.54) is 22.5 Å². The Bertz CT molecular complexity index is 1310. The van der Waals surface area contributed by atoms with Gasteiger partial charge < -0.3 is 4.74 Å². The molecule has 1 amide bonds. The Morgan fingerprint density at radius 3 is 2.67 bits per heavy atom. The lowest BCUT2D eigenvalue weighted by atomic mass is 9.93. The number of thiazole rings is 1. The zero-order valence-electron chi connectivity index (χ0n) is 18.1. The van der Waals surface area contributed by atoms with Crippen LogP contribution in [0.4, 0.5) is 5.13 Å². The fourth-order valence-corrected chi connectivity index (χ4v) is 4.76. The van der Waals surface area contributed by atoms with E-state index in [4.69, 9.17) is 4.74 Å². The molecule has 0 saturated carbocycles. The molecule has 4 aromatic rings. The minimum atomic E-state index is -0.363. The third-order valence-electron chi connectivity index (χ3n) is 5.69. The molecule has 0 saturated heterocycles. The van der Waals surface area contributed by atoms with Crippen molar-refractivity contribution in [2.24, 2.45) is 0 Å². The Morgan fingerprint density at radius 1 is 1.09 bits per heavy atom. The molecule has 1 N–H and O–H groups in total. The highest BCUT2D eigenvalue weighted by Crippen LogP contribution is 2.31. The van der Waals surface area contributed by atoms with Gasteiger partial charge in [0.15, 0.2) is 5.13 Å². The second kappa shape index (κ2) is 9.00. The quantitative estimate of drug-likeness (QED) is 0.390. The molecule has 3 aromatic carbocycles. The van der Waals surface area contributed by atoms with Crippen LogP contribution in [0, 0.1) is 6.92 Å². The van der Waals surface area contributed by atoms with Gasteiger partial charge in [-0.05, 0) is 41.8 Å². The zero-order valence-corrected chi connectivity index (χ0v) is 18.9. The lowest BCUT2D eigenvalue weighted by Crippen LogP contribution is -2.23. The van der Waals surface area contributed by atoms with Gasteiger partial charge in [-0.25, -0.2) is 9.78 Å². The third kappa shape index (κ3) is 4.71. The first-order chi connectivity index (χ1) is 16.0. The molecule has 1 atom stereocenters. The summed E-state index contributed by atoms with van der Waals surface area (Å²) in [5.41, 5.74) is 5.18. The predicted molar refractivity (Wildman–Crippen MR) is 129 cm³/mol. The number of esters is 1. The van der Waals surface area contributed by atoms with E-state index in [0.717, 1.165) is 22.4 Å². The van der Waals surface area contributed by atoms with E-state index >= 15 is 0 Å². The van der Waals surface area contributed by atoms with Crippen molar-refractivity contribution in [3.8, 4) is 0 Å². The van der Waals surface area contributed by atoms with E-state index in [1.54, 1.807) is 24.4 Å². The van der Waals surface area contributed by atoms with Crippen molar-refractivity contribution in [1.82, 2.24) is 4.98 Å². The molecule has 1 aliphatic rings. The summed E-state index contributed by atoms with van der Waals surface area (Å²) in [6.07, 6.45) is 2.75. The average Bonchev–Trinajstić information content (AvgIpc) is 3.27. The van der Waals surface area contributed by atoms with Crippen LogP contribution in [-0.2, 0) is 17.6 Å². The molecule has 1 aromatic heterocycles. The number of nitrogens with zero attached hydrogens (tertiary/aromatic N) is 1. The first kappa shape index (κ1) is 21.1. The van der Waals surface area contributed by atoms with E-state index in [0.29, 0.717) is 22.7 Å². The fourth-order valence-electron chi connectivity index (χ4n) is 3.91. The highest BCUT2D eigenvalue weighted by atomic mass is 32.1. The van der Waals surface area contributed by atoms with Crippen molar-refractivity contribution in [2.45, 2.75) is 25.9 Å². The van der Waals surface area contributed by atoms with Gasteiger partial charge in [-0.15, -0.1) is 11.3 Å². The summed E-state index contributed by atoms with van der Waals surface area (Å²) in [5.74, 6) is -0.609. The summed E-state index contributed by atoms with van der Waals surface area (Å²) in [4.78, 5) is 30.8. The van der Waals surface area contributed by atoms with Crippen LogP contribution in [-0.4, -0.2) is 16.9 Å². The summed E-state index contributed by atoms with van der Waals surface area (Å²) in [5, 5.41) is 3.44. The molecule has 0 fully saturated rings. The maximum Gasteiger partial charge on any atom is 0.339 e. The van der Waals surface area contributed by atoms with Crippen LogP contribution in [0.15, 0.2) is 79.0 Å². The number of carbonyl (C=O) groups is 2. The fraction of sp³-hybridized carbons (Fsp3) is 0.148. The van der Waals surface area contributed by atoms with Gasteiger partial charge in [0.25, 0.3) is 5.91 Å². The molecule has 6 heteroatoms. The molecule has 0 bridgehead atoms. The van der Waals surface area contributed by atoms with Crippen LogP contribution in [0.1, 0.15) is 54.0 Å². The second-order valence-corrected chi connectivity index (χ2v) is 9.24. The van der Waals surface area contributed by atoms with E-state index < -0.39 is 0 Å². The van der Waals surface area contributed by atoms with Crippen LogP contribution in [0.5, 0.6) is 0 Å². The maximum atomic E-state index is 12.9. The average molecular weight is 455 g/mol. The van der Waals surface area contributed by atoms with E-state index in [2.05, 4.69) is 41.5 Å². The number of cyclic esters (lactones) is 1. The van der Waals surface area contributed by atoms with Crippen molar-refractivity contribution >= 4 is 28.3 Å². The van der Waals surface area contributed by atoms with Gasteiger partial charge in [-0.3, -0.25) is 10.1 Å². The summed E-state index contributed by atoms with van der Waals surface area (Å²) < 4.78 is 5.61. The molecule has 2 heterocycles. The minimum absolute atomic E-state index is 0.246. The Labute approximate surface area is 196 Å². The Kier molecular flexibility index (Phi) is 5.75. The normalized spacial score (nSPS) is 14.9. The highest BCUT2D eigenvalue weighted by molar-refractivity contribution is 7.15. The minimum Gasteiger partial charge on any atom is -0.454 e. The number of aryl methyl sites for hydroxylation is 1. The first-order valence-corrected chi connectivity index (χ1v) is 11.6.